The third kappa shape index (κ3) is 3.52. The molecule has 0 saturated carbocycles. The number of benzene rings is 2. The highest BCUT2D eigenvalue weighted by molar-refractivity contribution is 5.95. The minimum absolute atomic E-state index is 0.0610. The molecule has 0 atom stereocenters. The van der Waals surface area contributed by atoms with Gasteiger partial charge >= 0.3 is 0 Å². The molecular weight excluding hydrogens is 323 g/mol. The Balaban J connectivity index is 1.69. The molecule has 1 heterocycles. The van der Waals surface area contributed by atoms with E-state index in [0.29, 0.717) is 48.9 Å². The zero-order valence-corrected chi connectivity index (χ0v) is 14.4. The lowest BCUT2D eigenvalue weighted by Crippen LogP contribution is -2.49. The van der Waals surface area contributed by atoms with Crippen LogP contribution in [0.5, 0.6) is 11.5 Å². The first-order valence-electron chi connectivity index (χ1n) is 8.15. The van der Waals surface area contributed by atoms with Gasteiger partial charge in [0.25, 0.3) is 5.91 Å². The van der Waals surface area contributed by atoms with E-state index >= 15 is 0 Å². The van der Waals surface area contributed by atoms with Crippen LogP contribution in [0.25, 0.3) is 0 Å². The highest BCUT2D eigenvalue weighted by Gasteiger charge is 2.24. The van der Waals surface area contributed by atoms with Gasteiger partial charge in [-0.3, -0.25) is 4.79 Å². The first kappa shape index (κ1) is 17.1. The Morgan fingerprint density at radius 1 is 0.960 bits per heavy atom. The van der Waals surface area contributed by atoms with Gasteiger partial charge in [0.1, 0.15) is 5.82 Å². The van der Waals surface area contributed by atoms with Crippen molar-refractivity contribution in [1.82, 2.24) is 4.90 Å². The molecule has 6 heteroatoms. The summed E-state index contributed by atoms with van der Waals surface area (Å²) in [5, 5.41) is 0. The predicted molar refractivity (Wildman–Crippen MR) is 94.1 cm³/mol. The number of carbonyl (C=O) groups excluding carboxylic acids is 1. The second-order valence-corrected chi connectivity index (χ2v) is 5.80. The number of methoxy groups -OCH3 is 2. The molecule has 0 unspecified atom stereocenters. The molecule has 1 amide bonds. The van der Waals surface area contributed by atoms with Gasteiger partial charge in [0, 0.05) is 31.7 Å². The lowest BCUT2D eigenvalue weighted by molar-refractivity contribution is 0.0746. The van der Waals surface area contributed by atoms with Gasteiger partial charge in [-0.2, -0.15) is 0 Å². The SMILES string of the molecule is COc1ccc(C(=O)N2CCN(c3ccccc3F)CC2)cc1OC. The van der Waals surface area contributed by atoms with E-state index in [0.717, 1.165) is 0 Å². The minimum Gasteiger partial charge on any atom is -0.493 e. The van der Waals surface area contributed by atoms with Crippen molar-refractivity contribution in [3.05, 3.63) is 53.8 Å². The number of halogens is 1. The highest BCUT2D eigenvalue weighted by atomic mass is 19.1. The summed E-state index contributed by atoms with van der Waals surface area (Å²) in [7, 11) is 3.10. The lowest BCUT2D eigenvalue weighted by atomic mass is 10.1. The summed E-state index contributed by atoms with van der Waals surface area (Å²) in [6.45, 7) is 2.28. The molecule has 2 aromatic carbocycles. The number of piperazine rings is 1. The predicted octanol–water partition coefficient (Wildman–Crippen LogP) is 2.81. The van der Waals surface area contributed by atoms with Crippen molar-refractivity contribution in [3.63, 3.8) is 0 Å². The van der Waals surface area contributed by atoms with E-state index in [1.54, 1.807) is 49.5 Å². The summed E-state index contributed by atoms with van der Waals surface area (Å²) in [5.74, 6) is 0.818. The van der Waals surface area contributed by atoms with Crippen LogP contribution in [0.1, 0.15) is 10.4 Å². The summed E-state index contributed by atoms with van der Waals surface area (Å²) in [6, 6.07) is 11.9. The Bertz CT molecular complexity index is 758. The minimum atomic E-state index is -0.234. The van der Waals surface area contributed by atoms with Crippen molar-refractivity contribution in [2.45, 2.75) is 0 Å². The molecule has 0 spiro atoms. The molecular formula is C19H21FN2O3. The van der Waals surface area contributed by atoms with Crippen LogP contribution in [-0.2, 0) is 0 Å². The maximum atomic E-state index is 13.9. The number of hydrogen-bond acceptors (Lipinski definition) is 4. The molecule has 132 valence electrons. The van der Waals surface area contributed by atoms with Crippen LogP contribution in [0.2, 0.25) is 0 Å². The van der Waals surface area contributed by atoms with Crippen molar-refractivity contribution in [3.8, 4) is 11.5 Å². The molecule has 1 aliphatic rings. The van der Waals surface area contributed by atoms with E-state index in [1.807, 2.05) is 11.0 Å². The topological polar surface area (TPSA) is 42.0 Å². The molecule has 0 radical (unpaired) electrons. The van der Waals surface area contributed by atoms with Gasteiger partial charge in [0.15, 0.2) is 11.5 Å². The fourth-order valence-electron chi connectivity index (χ4n) is 3.01. The van der Waals surface area contributed by atoms with Crippen molar-refractivity contribution in [1.29, 1.82) is 0 Å². The number of carbonyl (C=O) groups is 1. The number of amides is 1. The Hall–Kier alpha value is -2.76. The molecule has 0 aromatic heterocycles. The molecule has 5 nitrogen and oxygen atoms in total. The standard InChI is InChI=1S/C19H21FN2O3/c1-24-17-8-7-14(13-18(17)25-2)19(23)22-11-9-21(10-12-22)16-6-4-3-5-15(16)20/h3-8,13H,9-12H2,1-2H3. The summed E-state index contributed by atoms with van der Waals surface area (Å²) in [5.41, 5.74) is 1.14. The fourth-order valence-corrected chi connectivity index (χ4v) is 3.01. The number of para-hydroxylation sites is 1. The molecule has 2 aromatic rings. The van der Waals surface area contributed by atoms with Crippen LogP contribution in [0, 0.1) is 5.82 Å². The second kappa shape index (κ2) is 7.42. The maximum Gasteiger partial charge on any atom is 0.254 e. The molecule has 1 saturated heterocycles. The van der Waals surface area contributed by atoms with E-state index in [4.69, 9.17) is 9.47 Å². The van der Waals surface area contributed by atoms with Crippen molar-refractivity contribution >= 4 is 11.6 Å². The Kier molecular flexibility index (Phi) is 5.07. The van der Waals surface area contributed by atoms with Crippen LogP contribution in [-0.4, -0.2) is 51.2 Å². The first-order valence-corrected chi connectivity index (χ1v) is 8.15. The van der Waals surface area contributed by atoms with E-state index in [9.17, 15) is 9.18 Å². The van der Waals surface area contributed by atoms with Crippen LogP contribution in [0.4, 0.5) is 10.1 Å². The summed E-state index contributed by atoms with van der Waals surface area (Å²) in [6.07, 6.45) is 0. The lowest BCUT2D eigenvalue weighted by Gasteiger charge is -2.36. The molecule has 1 fully saturated rings. The van der Waals surface area contributed by atoms with Gasteiger partial charge in [-0.25, -0.2) is 4.39 Å². The highest BCUT2D eigenvalue weighted by Crippen LogP contribution is 2.28. The Morgan fingerprint density at radius 3 is 2.28 bits per heavy atom. The zero-order chi connectivity index (χ0) is 17.8. The van der Waals surface area contributed by atoms with E-state index in [-0.39, 0.29) is 11.7 Å². The summed E-state index contributed by atoms with van der Waals surface area (Å²) >= 11 is 0. The van der Waals surface area contributed by atoms with E-state index in [2.05, 4.69) is 0 Å². The molecule has 0 bridgehead atoms. The fraction of sp³-hybridized carbons (Fsp3) is 0.316. The molecule has 0 aliphatic carbocycles. The number of ether oxygens (including phenoxy) is 2. The number of nitrogens with zero attached hydrogens (tertiary/aromatic N) is 2. The zero-order valence-electron chi connectivity index (χ0n) is 14.4. The number of rotatable bonds is 4. The third-order valence-corrected chi connectivity index (χ3v) is 4.39. The van der Waals surface area contributed by atoms with Gasteiger partial charge in [-0.1, -0.05) is 12.1 Å². The van der Waals surface area contributed by atoms with Crippen molar-refractivity contribution < 1.29 is 18.7 Å². The average Bonchev–Trinajstić information content (AvgIpc) is 2.67. The Morgan fingerprint density at radius 2 is 1.64 bits per heavy atom. The molecule has 3 rings (SSSR count). The van der Waals surface area contributed by atoms with Crippen LogP contribution in [0.15, 0.2) is 42.5 Å². The smallest absolute Gasteiger partial charge is 0.254 e. The van der Waals surface area contributed by atoms with Gasteiger partial charge < -0.3 is 19.3 Å². The van der Waals surface area contributed by atoms with Gasteiger partial charge in [-0.15, -0.1) is 0 Å². The molecule has 1 aliphatic heterocycles. The Labute approximate surface area is 146 Å². The normalized spacial score (nSPS) is 14.4. The quantitative estimate of drug-likeness (QED) is 0.855. The van der Waals surface area contributed by atoms with E-state index < -0.39 is 0 Å². The van der Waals surface area contributed by atoms with Crippen molar-refractivity contribution in [2.75, 3.05) is 45.3 Å². The van der Waals surface area contributed by atoms with E-state index in [1.165, 1.54) is 6.07 Å². The summed E-state index contributed by atoms with van der Waals surface area (Å²) < 4.78 is 24.4. The average molecular weight is 344 g/mol. The van der Waals surface area contributed by atoms with Gasteiger partial charge in [-0.05, 0) is 30.3 Å². The van der Waals surface area contributed by atoms with Crippen LogP contribution >= 0.6 is 0 Å². The largest absolute Gasteiger partial charge is 0.493 e. The van der Waals surface area contributed by atoms with Crippen molar-refractivity contribution in [2.24, 2.45) is 0 Å². The molecule has 25 heavy (non-hydrogen) atoms. The maximum absolute atomic E-state index is 13.9. The van der Waals surface area contributed by atoms with Gasteiger partial charge in [0.05, 0.1) is 19.9 Å². The summed E-state index contributed by atoms with van der Waals surface area (Å²) in [4.78, 5) is 16.5. The van der Waals surface area contributed by atoms with Crippen LogP contribution in [0.3, 0.4) is 0 Å². The monoisotopic (exact) mass is 344 g/mol. The number of hydrogen-bond donors (Lipinski definition) is 0. The number of anilines is 1. The second-order valence-electron chi connectivity index (χ2n) is 5.80. The third-order valence-electron chi connectivity index (χ3n) is 4.39. The molecule has 0 N–H and O–H groups in total. The van der Waals surface area contributed by atoms with Crippen LogP contribution < -0.4 is 14.4 Å². The first-order chi connectivity index (χ1) is 12.1. The van der Waals surface area contributed by atoms with Gasteiger partial charge in [0.2, 0.25) is 0 Å².